The van der Waals surface area contributed by atoms with Crippen molar-refractivity contribution in [3.05, 3.63) is 59.7 Å². The van der Waals surface area contributed by atoms with E-state index >= 15 is 0 Å². The number of benzene rings is 2. The zero-order valence-corrected chi connectivity index (χ0v) is 12.7. The molecule has 0 aromatic heterocycles. The van der Waals surface area contributed by atoms with E-state index in [4.69, 9.17) is 4.74 Å². The predicted molar refractivity (Wildman–Crippen MR) is 86.0 cm³/mol. The monoisotopic (exact) mass is 268 g/mol. The van der Waals surface area contributed by atoms with Gasteiger partial charge in [-0.2, -0.15) is 0 Å². The Balaban J connectivity index is 1.99. The summed E-state index contributed by atoms with van der Waals surface area (Å²) < 4.78 is 5.59. The molecule has 1 heteroatoms. The Hall–Kier alpha value is -1.60. The first-order chi connectivity index (χ1) is 9.69. The lowest BCUT2D eigenvalue weighted by Gasteiger charge is -2.08. The summed E-state index contributed by atoms with van der Waals surface area (Å²) in [5.74, 6) is 0. The molecule has 0 N–H and O–H groups in total. The van der Waals surface area contributed by atoms with Crippen molar-refractivity contribution in [3.8, 4) is 11.1 Å². The number of aryl methyl sites for hydroxylation is 1. The van der Waals surface area contributed by atoms with E-state index in [0.29, 0.717) is 6.10 Å². The lowest BCUT2D eigenvalue weighted by atomic mass is 10.0. The molecule has 0 aliphatic rings. The maximum Gasteiger partial charge on any atom is 0.0519 e. The van der Waals surface area contributed by atoms with Gasteiger partial charge < -0.3 is 4.74 Å². The Morgan fingerprint density at radius 1 is 0.800 bits per heavy atom. The molecule has 20 heavy (non-hydrogen) atoms. The number of rotatable bonds is 6. The quantitative estimate of drug-likeness (QED) is 0.725. The van der Waals surface area contributed by atoms with E-state index in [-0.39, 0.29) is 0 Å². The summed E-state index contributed by atoms with van der Waals surface area (Å²) in [7, 11) is 0. The molecule has 0 bridgehead atoms. The Kier molecular flexibility index (Phi) is 5.37. The molecule has 2 aromatic carbocycles. The van der Waals surface area contributed by atoms with Crippen molar-refractivity contribution in [2.75, 3.05) is 6.61 Å². The summed E-state index contributed by atoms with van der Waals surface area (Å²) in [4.78, 5) is 0. The molecular weight excluding hydrogens is 244 g/mol. The van der Waals surface area contributed by atoms with Crippen LogP contribution in [0.3, 0.4) is 0 Å². The minimum Gasteiger partial charge on any atom is -0.378 e. The van der Waals surface area contributed by atoms with Gasteiger partial charge in [0.05, 0.1) is 12.7 Å². The molecule has 0 heterocycles. The lowest BCUT2D eigenvalue weighted by molar-refractivity contribution is 0.0813. The maximum atomic E-state index is 5.59. The van der Waals surface area contributed by atoms with E-state index in [0.717, 1.165) is 19.4 Å². The molecule has 0 radical (unpaired) electrons. The van der Waals surface area contributed by atoms with Crippen LogP contribution in [0.15, 0.2) is 48.5 Å². The smallest absolute Gasteiger partial charge is 0.0519 e. The van der Waals surface area contributed by atoms with Gasteiger partial charge >= 0.3 is 0 Å². The first-order valence-corrected chi connectivity index (χ1v) is 7.49. The predicted octanol–water partition coefficient (Wildman–Crippen LogP) is 4.88. The largest absolute Gasteiger partial charge is 0.378 e. The molecule has 0 atom stereocenters. The maximum absolute atomic E-state index is 5.59. The van der Waals surface area contributed by atoms with Crippen molar-refractivity contribution in [1.82, 2.24) is 0 Å². The second-order valence-corrected chi connectivity index (χ2v) is 5.42. The van der Waals surface area contributed by atoms with Crippen LogP contribution in [-0.4, -0.2) is 12.7 Å². The average Bonchev–Trinajstić information content (AvgIpc) is 2.48. The second-order valence-electron chi connectivity index (χ2n) is 5.42. The minimum absolute atomic E-state index is 0.311. The zero-order chi connectivity index (χ0) is 14.4. The summed E-state index contributed by atoms with van der Waals surface area (Å²) in [6, 6.07) is 17.6. The van der Waals surface area contributed by atoms with Gasteiger partial charge in [0.1, 0.15) is 0 Å². The number of hydrogen-bond acceptors (Lipinski definition) is 1. The standard InChI is InChI=1S/C19H24O/c1-4-16-5-9-18(10-6-16)19-11-7-17(8-12-19)13-14-20-15(2)3/h5-12,15H,4,13-14H2,1-3H3. The molecule has 1 nitrogen and oxygen atoms in total. The number of ether oxygens (including phenoxy) is 1. The summed E-state index contributed by atoms with van der Waals surface area (Å²) in [6.45, 7) is 7.12. The average molecular weight is 268 g/mol. The van der Waals surface area contributed by atoms with E-state index < -0.39 is 0 Å². The van der Waals surface area contributed by atoms with Crippen LogP contribution in [0.4, 0.5) is 0 Å². The van der Waals surface area contributed by atoms with Crippen LogP contribution in [0.2, 0.25) is 0 Å². The molecular formula is C19H24O. The van der Waals surface area contributed by atoms with Crippen LogP contribution in [-0.2, 0) is 17.6 Å². The Morgan fingerprint density at radius 3 is 1.75 bits per heavy atom. The third-order valence-corrected chi connectivity index (χ3v) is 3.49. The van der Waals surface area contributed by atoms with E-state index in [9.17, 15) is 0 Å². The van der Waals surface area contributed by atoms with Crippen LogP contribution in [0.1, 0.15) is 31.9 Å². The molecule has 0 spiro atoms. The van der Waals surface area contributed by atoms with Gasteiger partial charge in [-0.1, -0.05) is 55.5 Å². The topological polar surface area (TPSA) is 9.23 Å². The highest BCUT2D eigenvalue weighted by atomic mass is 16.5. The van der Waals surface area contributed by atoms with Crippen molar-refractivity contribution < 1.29 is 4.74 Å². The Bertz CT molecular complexity index is 508. The van der Waals surface area contributed by atoms with E-state index in [1.165, 1.54) is 22.3 Å². The Labute approximate surface area is 122 Å². The molecule has 2 rings (SSSR count). The number of hydrogen-bond donors (Lipinski definition) is 0. The molecule has 2 aromatic rings. The third kappa shape index (κ3) is 4.21. The summed E-state index contributed by atoms with van der Waals surface area (Å²) in [5.41, 5.74) is 5.28. The third-order valence-electron chi connectivity index (χ3n) is 3.49. The van der Waals surface area contributed by atoms with Crippen molar-refractivity contribution in [2.45, 2.75) is 39.7 Å². The molecule has 0 fully saturated rings. The van der Waals surface area contributed by atoms with E-state index in [1.54, 1.807) is 0 Å². The molecule has 0 unspecified atom stereocenters. The minimum atomic E-state index is 0.311. The van der Waals surface area contributed by atoms with Gasteiger partial charge in [0.15, 0.2) is 0 Å². The summed E-state index contributed by atoms with van der Waals surface area (Å²) >= 11 is 0. The van der Waals surface area contributed by atoms with Gasteiger partial charge in [0.2, 0.25) is 0 Å². The first-order valence-electron chi connectivity index (χ1n) is 7.49. The fourth-order valence-corrected chi connectivity index (χ4v) is 2.21. The van der Waals surface area contributed by atoms with Crippen LogP contribution in [0.5, 0.6) is 0 Å². The van der Waals surface area contributed by atoms with Crippen LogP contribution in [0.25, 0.3) is 11.1 Å². The van der Waals surface area contributed by atoms with Gasteiger partial charge in [0, 0.05) is 0 Å². The highest BCUT2D eigenvalue weighted by Crippen LogP contribution is 2.20. The molecule has 0 saturated carbocycles. The molecule has 0 aliphatic carbocycles. The molecule has 0 saturated heterocycles. The SMILES string of the molecule is CCc1ccc(-c2ccc(CCOC(C)C)cc2)cc1. The zero-order valence-electron chi connectivity index (χ0n) is 12.7. The van der Waals surface area contributed by atoms with Crippen molar-refractivity contribution in [1.29, 1.82) is 0 Å². The van der Waals surface area contributed by atoms with Crippen LogP contribution >= 0.6 is 0 Å². The molecule has 106 valence electrons. The van der Waals surface area contributed by atoms with Crippen molar-refractivity contribution >= 4 is 0 Å². The fourth-order valence-electron chi connectivity index (χ4n) is 2.21. The normalized spacial score (nSPS) is 11.0. The van der Waals surface area contributed by atoms with E-state index in [2.05, 4.69) is 69.3 Å². The van der Waals surface area contributed by atoms with Gasteiger partial charge in [-0.05, 0) is 48.9 Å². The van der Waals surface area contributed by atoms with Crippen molar-refractivity contribution in [2.24, 2.45) is 0 Å². The fraction of sp³-hybridized carbons (Fsp3) is 0.368. The second kappa shape index (κ2) is 7.25. The Morgan fingerprint density at radius 2 is 1.30 bits per heavy atom. The van der Waals surface area contributed by atoms with Crippen molar-refractivity contribution in [3.63, 3.8) is 0 Å². The molecule has 0 aliphatic heterocycles. The van der Waals surface area contributed by atoms with Gasteiger partial charge in [-0.25, -0.2) is 0 Å². The summed E-state index contributed by atoms with van der Waals surface area (Å²) in [5, 5.41) is 0. The van der Waals surface area contributed by atoms with Crippen LogP contribution < -0.4 is 0 Å². The van der Waals surface area contributed by atoms with E-state index in [1.807, 2.05) is 0 Å². The van der Waals surface area contributed by atoms with Gasteiger partial charge in [0.25, 0.3) is 0 Å². The van der Waals surface area contributed by atoms with Crippen LogP contribution in [0, 0.1) is 0 Å². The molecule has 0 amide bonds. The first kappa shape index (κ1) is 14.8. The highest BCUT2D eigenvalue weighted by molar-refractivity contribution is 5.63. The van der Waals surface area contributed by atoms with Gasteiger partial charge in [-0.3, -0.25) is 0 Å². The van der Waals surface area contributed by atoms with Gasteiger partial charge in [-0.15, -0.1) is 0 Å². The lowest BCUT2D eigenvalue weighted by Crippen LogP contribution is -2.05. The highest BCUT2D eigenvalue weighted by Gasteiger charge is 2.00. The summed E-state index contributed by atoms with van der Waals surface area (Å²) in [6.07, 6.45) is 2.38.